The van der Waals surface area contributed by atoms with Crippen LogP contribution in [0.5, 0.6) is 0 Å². The third-order valence-electron chi connectivity index (χ3n) is 5.95. The molecule has 190 valence electrons. The van der Waals surface area contributed by atoms with Gasteiger partial charge < -0.3 is 10.0 Å². The molecule has 0 spiro atoms. The van der Waals surface area contributed by atoms with Crippen LogP contribution in [0.3, 0.4) is 0 Å². The fourth-order valence-corrected chi connectivity index (χ4v) is 5.46. The molecule has 8 heteroatoms. The van der Waals surface area contributed by atoms with E-state index in [0.29, 0.717) is 18.5 Å². The number of carboxylic acids is 1. The summed E-state index contributed by atoms with van der Waals surface area (Å²) < 4.78 is 28.4. The largest absolute Gasteiger partial charge is 0.480 e. The van der Waals surface area contributed by atoms with Crippen LogP contribution in [-0.4, -0.2) is 49.9 Å². The summed E-state index contributed by atoms with van der Waals surface area (Å²) in [5.41, 5.74) is 1.71. The Balaban J connectivity index is 1.90. The van der Waals surface area contributed by atoms with E-state index in [4.69, 9.17) is 0 Å². The van der Waals surface area contributed by atoms with E-state index in [1.165, 1.54) is 16.3 Å². The fraction of sp³-hybridized carbons (Fsp3) is 0.286. The predicted molar refractivity (Wildman–Crippen MR) is 141 cm³/mol. The summed E-state index contributed by atoms with van der Waals surface area (Å²) in [5, 5.41) is 9.59. The molecular formula is C28H32N2O5S. The van der Waals surface area contributed by atoms with Crippen LogP contribution in [0.15, 0.2) is 89.8 Å². The van der Waals surface area contributed by atoms with Gasteiger partial charge in [0.05, 0.1) is 10.6 Å². The Hall–Kier alpha value is -3.65. The van der Waals surface area contributed by atoms with Crippen molar-refractivity contribution in [1.29, 1.82) is 0 Å². The zero-order chi connectivity index (χ0) is 26.3. The molecule has 1 atom stereocenters. The number of hydrogen-bond acceptors (Lipinski definition) is 4. The summed E-state index contributed by atoms with van der Waals surface area (Å²) in [6, 6.07) is 23.1. The number of hydrogen-bond donors (Lipinski definition) is 1. The Kier molecular flexibility index (Phi) is 8.88. The van der Waals surface area contributed by atoms with Crippen molar-refractivity contribution in [3.8, 4) is 0 Å². The van der Waals surface area contributed by atoms with Gasteiger partial charge >= 0.3 is 5.97 Å². The van der Waals surface area contributed by atoms with Gasteiger partial charge in [0.25, 0.3) is 15.9 Å². The first-order chi connectivity index (χ1) is 17.1. The summed E-state index contributed by atoms with van der Waals surface area (Å²) >= 11 is 0. The van der Waals surface area contributed by atoms with Crippen LogP contribution in [0.25, 0.3) is 0 Å². The van der Waals surface area contributed by atoms with Crippen molar-refractivity contribution < 1.29 is 23.1 Å². The maximum Gasteiger partial charge on any atom is 0.326 e. The molecule has 0 saturated carbocycles. The predicted octanol–water partition coefficient (Wildman–Crippen LogP) is 4.70. The smallest absolute Gasteiger partial charge is 0.326 e. The second-order valence-electron chi connectivity index (χ2n) is 9.07. The van der Waals surface area contributed by atoms with Gasteiger partial charge in [0, 0.05) is 19.2 Å². The lowest BCUT2D eigenvalue weighted by Crippen LogP contribution is -2.43. The van der Waals surface area contributed by atoms with Crippen LogP contribution in [0.1, 0.15) is 36.2 Å². The molecule has 0 aromatic heterocycles. The monoisotopic (exact) mass is 508 g/mol. The summed E-state index contributed by atoms with van der Waals surface area (Å²) in [6.07, 6.45) is 0.837. The molecule has 1 N–H and O–H groups in total. The molecule has 0 saturated heterocycles. The number of carboxylic acid groups (broad SMARTS) is 1. The van der Waals surface area contributed by atoms with Gasteiger partial charge in [-0.1, -0.05) is 62.4 Å². The van der Waals surface area contributed by atoms with E-state index in [1.54, 1.807) is 54.6 Å². The Labute approximate surface area is 213 Å². The number of likely N-dealkylation sites (N-methyl/N-ethyl adjacent to an activating group) is 1. The first-order valence-corrected chi connectivity index (χ1v) is 13.3. The van der Waals surface area contributed by atoms with Gasteiger partial charge in [-0.15, -0.1) is 0 Å². The number of carbonyl (C=O) groups excluding carboxylic acids is 1. The minimum atomic E-state index is -3.85. The van der Waals surface area contributed by atoms with Crippen LogP contribution in [0, 0.1) is 5.92 Å². The third kappa shape index (κ3) is 6.51. The second kappa shape index (κ2) is 11.9. The quantitative estimate of drug-likeness (QED) is 0.405. The molecule has 1 amide bonds. The molecule has 3 aromatic rings. The lowest BCUT2D eigenvalue weighted by atomic mass is 10.0. The van der Waals surface area contributed by atoms with E-state index in [9.17, 15) is 23.1 Å². The Morgan fingerprint density at radius 1 is 0.861 bits per heavy atom. The van der Waals surface area contributed by atoms with Crippen molar-refractivity contribution >= 4 is 27.6 Å². The van der Waals surface area contributed by atoms with Crippen molar-refractivity contribution in [3.05, 3.63) is 96.1 Å². The number of benzene rings is 3. The van der Waals surface area contributed by atoms with Crippen molar-refractivity contribution in [1.82, 2.24) is 4.90 Å². The number of carbonyl (C=O) groups is 2. The Bertz CT molecular complexity index is 1260. The molecular weight excluding hydrogens is 476 g/mol. The van der Waals surface area contributed by atoms with Crippen LogP contribution in [-0.2, 0) is 21.2 Å². The van der Waals surface area contributed by atoms with Gasteiger partial charge in [-0.05, 0) is 60.7 Å². The Morgan fingerprint density at radius 3 is 1.94 bits per heavy atom. The summed E-state index contributed by atoms with van der Waals surface area (Å²) in [5.74, 6) is -1.39. The van der Waals surface area contributed by atoms with Crippen molar-refractivity contribution in [2.75, 3.05) is 17.9 Å². The molecule has 0 radical (unpaired) electrons. The molecule has 0 heterocycles. The maximum atomic E-state index is 13.5. The highest BCUT2D eigenvalue weighted by Gasteiger charge is 2.29. The zero-order valence-corrected chi connectivity index (χ0v) is 21.6. The van der Waals surface area contributed by atoms with E-state index < -0.39 is 27.9 Å². The van der Waals surface area contributed by atoms with Crippen LogP contribution < -0.4 is 4.31 Å². The average molecular weight is 509 g/mol. The summed E-state index contributed by atoms with van der Waals surface area (Å²) in [4.78, 5) is 26.1. The molecule has 0 unspecified atom stereocenters. The normalized spacial score (nSPS) is 12.2. The average Bonchev–Trinajstić information content (AvgIpc) is 2.87. The molecule has 0 aliphatic rings. The third-order valence-corrected chi connectivity index (χ3v) is 7.79. The maximum absolute atomic E-state index is 13.5. The lowest BCUT2D eigenvalue weighted by Gasteiger charge is -2.27. The molecule has 0 fully saturated rings. The van der Waals surface area contributed by atoms with Crippen molar-refractivity contribution in [3.63, 3.8) is 0 Å². The first-order valence-electron chi connectivity index (χ1n) is 11.8. The van der Waals surface area contributed by atoms with Gasteiger partial charge in [0.15, 0.2) is 0 Å². The van der Waals surface area contributed by atoms with E-state index in [1.807, 2.05) is 44.2 Å². The van der Waals surface area contributed by atoms with Gasteiger partial charge in [-0.25, -0.2) is 13.2 Å². The van der Waals surface area contributed by atoms with E-state index in [2.05, 4.69) is 0 Å². The summed E-state index contributed by atoms with van der Waals surface area (Å²) in [6.45, 7) is 4.02. The highest BCUT2D eigenvalue weighted by atomic mass is 32.2. The van der Waals surface area contributed by atoms with Crippen LogP contribution >= 0.6 is 0 Å². The number of sulfonamides is 1. The molecule has 0 bridgehead atoms. The van der Waals surface area contributed by atoms with Crippen molar-refractivity contribution in [2.24, 2.45) is 5.92 Å². The van der Waals surface area contributed by atoms with Crippen molar-refractivity contribution in [2.45, 2.75) is 37.6 Å². The molecule has 0 aliphatic carbocycles. The van der Waals surface area contributed by atoms with Gasteiger partial charge in [-0.3, -0.25) is 9.10 Å². The van der Waals surface area contributed by atoms with E-state index >= 15 is 0 Å². The van der Waals surface area contributed by atoms with E-state index in [0.717, 1.165) is 5.56 Å². The minimum absolute atomic E-state index is 0.102. The number of nitrogens with zero attached hydrogens (tertiary/aromatic N) is 2. The lowest BCUT2D eigenvalue weighted by molar-refractivity contribution is -0.142. The number of anilines is 1. The van der Waals surface area contributed by atoms with Crippen LogP contribution in [0.4, 0.5) is 5.69 Å². The van der Waals surface area contributed by atoms with E-state index in [-0.39, 0.29) is 22.9 Å². The molecule has 7 nitrogen and oxygen atoms in total. The molecule has 36 heavy (non-hydrogen) atoms. The van der Waals surface area contributed by atoms with Gasteiger partial charge in [0.2, 0.25) is 0 Å². The Morgan fingerprint density at radius 2 is 1.42 bits per heavy atom. The van der Waals surface area contributed by atoms with Gasteiger partial charge in [0.1, 0.15) is 6.04 Å². The highest BCUT2D eigenvalue weighted by molar-refractivity contribution is 7.92. The first kappa shape index (κ1) is 26.9. The molecule has 3 rings (SSSR count). The number of amides is 1. The van der Waals surface area contributed by atoms with Gasteiger partial charge in [-0.2, -0.15) is 0 Å². The number of rotatable bonds is 11. The molecule has 0 aliphatic heterocycles. The fourth-order valence-electron chi connectivity index (χ4n) is 3.97. The summed E-state index contributed by atoms with van der Waals surface area (Å²) in [7, 11) is -2.38. The standard InChI is InChI=1S/C28H32N2O5S/c1-21(2)20-26(28(32)33)29(3)27(31)23-14-16-24(17-15-23)30(19-18-22-10-6-4-7-11-22)36(34,35)25-12-8-5-9-13-25/h4-17,21,26H,18-20H2,1-3H3,(H,32,33)/t26-/m0/s1. The van der Waals surface area contributed by atoms with Crippen LogP contribution in [0.2, 0.25) is 0 Å². The minimum Gasteiger partial charge on any atom is -0.480 e. The zero-order valence-electron chi connectivity index (χ0n) is 20.7. The topological polar surface area (TPSA) is 95.0 Å². The second-order valence-corrected chi connectivity index (χ2v) is 10.9. The highest BCUT2D eigenvalue weighted by Crippen LogP contribution is 2.25. The number of aliphatic carboxylic acids is 1. The SMILES string of the molecule is CC(C)C[C@@H](C(=O)O)N(C)C(=O)c1ccc(N(CCc2ccccc2)S(=O)(=O)c2ccccc2)cc1. The molecule has 3 aromatic carbocycles.